The summed E-state index contributed by atoms with van der Waals surface area (Å²) < 4.78 is 0. The first-order valence-corrected chi connectivity index (χ1v) is 5.29. The lowest BCUT2D eigenvalue weighted by Crippen LogP contribution is -2.30. The van der Waals surface area contributed by atoms with Crippen molar-refractivity contribution in [3.8, 4) is 11.8 Å². The Morgan fingerprint density at radius 2 is 1.92 bits per heavy atom. The summed E-state index contributed by atoms with van der Waals surface area (Å²) in [6.45, 7) is 6.45. The quantitative estimate of drug-likeness (QED) is 0.491. The molecule has 0 fully saturated rings. The standard InChI is InChI=1S/C12H23N/c1-5-6-7-8-9-10-12(13-4)11(2)3/h11-13H,7-10H2,1-4H3. The molecule has 0 radical (unpaired) electrons. The van der Waals surface area contributed by atoms with E-state index in [2.05, 4.69) is 38.1 Å². The van der Waals surface area contributed by atoms with Gasteiger partial charge in [-0.25, -0.2) is 0 Å². The van der Waals surface area contributed by atoms with Crippen LogP contribution in [0.15, 0.2) is 0 Å². The molecular weight excluding hydrogens is 158 g/mol. The van der Waals surface area contributed by atoms with Crippen molar-refractivity contribution >= 4 is 0 Å². The van der Waals surface area contributed by atoms with E-state index in [0.717, 1.165) is 12.3 Å². The first-order valence-electron chi connectivity index (χ1n) is 5.29. The van der Waals surface area contributed by atoms with E-state index in [4.69, 9.17) is 0 Å². The van der Waals surface area contributed by atoms with Gasteiger partial charge in [-0.05, 0) is 32.7 Å². The summed E-state index contributed by atoms with van der Waals surface area (Å²) in [5.74, 6) is 6.76. The Hall–Kier alpha value is -0.480. The summed E-state index contributed by atoms with van der Waals surface area (Å²) in [5, 5.41) is 3.36. The van der Waals surface area contributed by atoms with Gasteiger partial charge in [-0.2, -0.15) is 0 Å². The second-order valence-corrected chi connectivity index (χ2v) is 3.81. The second-order valence-electron chi connectivity index (χ2n) is 3.81. The van der Waals surface area contributed by atoms with E-state index in [0.29, 0.717) is 6.04 Å². The molecule has 0 aliphatic carbocycles. The van der Waals surface area contributed by atoms with E-state index in [-0.39, 0.29) is 0 Å². The van der Waals surface area contributed by atoms with E-state index in [1.165, 1.54) is 19.3 Å². The fraction of sp³-hybridized carbons (Fsp3) is 0.833. The topological polar surface area (TPSA) is 12.0 Å². The summed E-state index contributed by atoms with van der Waals surface area (Å²) in [4.78, 5) is 0. The SMILES string of the molecule is CC#CCCCCC(NC)C(C)C. The fourth-order valence-corrected chi connectivity index (χ4v) is 1.51. The van der Waals surface area contributed by atoms with Gasteiger partial charge in [-0.15, -0.1) is 11.8 Å². The Labute approximate surface area is 83.3 Å². The second kappa shape index (κ2) is 8.13. The molecule has 0 aliphatic rings. The number of hydrogen-bond donors (Lipinski definition) is 1. The molecule has 0 rings (SSSR count). The lowest BCUT2D eigenvalue weighted by molar-refractivity contribution is 0.390. The van der Waals surface area contributed by atoms with Crippen LogP contribution in [0.1, 0.15) is 46.5 Å². The van der Waals surface area contributed by atoms with Crippen molar-refractivity contribution in [1.82, 2.24) is 5.32 Å². The molecule has 0 aromatic rings. The maximum absolute atomic E-state index is 3.36. The first kappa shape index (κ1) is 12.5. The maximum Gasteiger partial charge on any atom is 0.00885 e. The highest BCUT2D eigenvalue weighted by Crippen LogP contribution is 2.10. The zero-order valence-corrected chi connectivity index (χ0v) is 9.48. The van der Waals surface area contributed by atoms with Crippen molar-refractivity contribution < 1.29 is 0 Å². The number of rotatable bonds is 6. The van der Waals surface area contributed by atoms with E-state index in [1.807, 2.05) is 6.92 Å². The third kappa shape index (κ3) is 6.66. The van der Waals surface area contributed by atoms with Gasteiger partial charge in [0.1, 0.15) is 0 Å². The minimum absolute atomic E-state index is 0.676. The Morgan fingerprint density at radius 1 is 1.23 bits per heavy atom. The predicted octanol–water partition coefficient (Wildman–Crippen LogP) is 2.81. The molecule has 1 atom stereocenters. The van der Waals surface area contributed by atoms with Gasteiger partial charge in [-0.3, -0.25) is 0 Å². The van der Waals surface area contributed by atoms with E-state index in [9.17, 15) is 0 Å². The van der Waals surface area contributed by atoms with E-state index < -0.39 is 0 Å². The molecule has 0 bridgehead atoms. The van der Waals surface area contributed by atoms with Gasteiger partial charge >= 0.3 is 0 Å². The lowest BCUT2D eigenvalue weighted by atomic mass is 9.98. The molecule has 1 unspecified atom stereocenters. The Morgan fingerprint density at radius 3 is 2.38 bits per heavy atom. The smallest absolute Gasteiger partial charge is 0.00885 e. The Bertz CT molecular complexity index is 162. The van der Waals surface area contributed by atoms with Crippen molar-refractivity contribution in [3.05, 3.63) is 0 Å². The average molecular weight is 181 g/mol. The summed E-state index contributed by atoms with van der Waals surface area (Å²) in [6, 6.07) is 0.676. The molecule has 0 spiro atoms. The number of hydrogen-bond acceptors (Lipinski definition) is 1. The molecule has 0 aromatic carbocycles. The van der Waals surface area contributed by atoms with Gasteiger partial charge in [0.05, 0.1) is 0 Å². The van der Waals surface area contributed by atoms with Gasteiger partial charge in [-0.1, -0.05) is 20.3 Å². The first-order chi connectivity index (χ1) is 6.22. The van der Waals surface area contributed by atoms with Crippen LogP contribution in [0.5, 0.6) is 0 Å². The molecule has 1 N–H and O–H groups in total. The third-order valence-electron chi connectivity index (χ3n) is 2.42. The molecule has 0 saturated carbocycles. The van der Waals surface area contributed by atoms with Crippen molar-refractivity contribution in [2.24, 2.45) is 5.92 Å². The fourth-order valence-electron chi connectivity index (χ4n) is 1.51. The molecular formula is C12H23N. The number of unbranched alkanes of at least 4 members (excludes halogenated alkanes) is 2. The zero-order valence-electron chi connectivity index (χ0n) is 9.48. The summed E-state index contributed by atoms with van der Waals surface area (Å²) in [7, 11) is 2.05. The zero-order chi connectivity index (χ0) is 10.1. The highest BCUT2D eigenvalue weighted by atomic mass is 14.9. The highest BCUT2D eigenvalue weighted by molar-refractivity contribution is 4.94. The molecule has 1 nitrogen and oxygen atoms in total. The molecule has 0 saturated heterocycles. The van der Waals surface area contributed by atoms with Crippen molar-refractivity contribution in [3.63, 3.8) is 0 Å². The van der Waals surface area contributed by atoms with Gasteiger partial charge in [0.2, 0.25) is 0 Å². The summed E-state index contributed by atoms with van der Waals surface area (Å²) in [6.07, 6.45) is 4.87. The number of nitrogens with one attached hydrogen (secondary N) is 1. The summed E-state index contributed by atoms with van der Waals surface area (Å²) in [5.41, 5.74) is 0. The average Bonchev–Trinajstić information content (AvgIpc) is 2.10. The van der Waals surface area contributed by atoms with E-state index in [1.54, 1.807) is 0 Å². The van der Waals surface area contributed by atoms with Crippen LogP contribution in [0, 0.1) is 17.8 Å². The predicted molar refractivity (Wildman–Crippen MR) is 59.6 cm³/mol. The Kier molecular flexibility index (Phi) is 7.83. The summed E-state index contributed by atoms with van der Waals surface area (Å²) >= 11 is 0. The molecule has 13 heavy (non-hydrogen) atoms. The minimum Gasteiger partial charge on any atom is -0.317 e. The molecule has 0 amide bonds. The Balaban J connectivity index is 3.42. The van der Waals surface area contributed by atoms with Crippen LogP contribution in [0.4, 0.5) is 0 Å². The van der Waals surface area contributed by atoms with Crippen LogP contribution in [-0.2, 0) is 0 Å². The molecule has 0 aliphatic heterocycles. The highest BCUT2D eigenvalue weighted by Gasteiger charge is 2.08. The van der Waals surface area contributed by atoms with Crippen LogP contribution in [-0.4, -0.2) is 13.1 Å². The van der Waals surface area contributed by atoms with E-state index >= 15 is 0 Å². The van der Waals surface area contributed by atoms with Crippen molar-refractivity contribution in [1.29, 1.82) is 0 Å². The van der Waals surface area contributed by atoms with Crippen molar-refractivity contribution in [2.75, 3.05) is 7.05 Å². The molecule has 1 heteroatoms. The van der Waals surface area contributed by atoms with Crippen LogP contribution < -0.4 is 5.32 Å². The van der Waals surface area contributed by atoms with Gasteiger partial charge in [0.15, 0.2) is 0 Å². The van der Waals surface area contributed by atoms with Gasteiger partial charge < -0.3 is 5.32 Å². The van der Waals surface area contributed by atoms with Crippen molar-refractivity contribution in [2.45, 2.75) is 52.5 Å². The molecule has 0 heterocycles. The largest absolute Gasteiger partial charge is 0.317 e. The van der Waals surface area contributed by atoms with Crippen LogP contribution in [0.25, 0.3) is 0 Å². The monoisotopic (exact) mass is 181 g/mol. The molecule has 0 aromatic heterocycles. The molecule has 76 valence electrons. The van der Waals surface area contributed by atoms with Crippen LogP contribution in [0.2, 0.25) is 0 Å². The normalized spacial score (nSPS) is 12.4. The maximum atomic E-state index is 3.36. The minimum atomic E-state index is 0.676. The van der Waals surface area contributed by atoms with Gasteiger partial charge in [0, 0.05) is 12.5 Å². The van der Waals surface area contributed by atoms with Gasteiger partial charge in [0.25, 0.3) is 0 Å². The lowest BCUT2D eigenvalue weighted by Gasteiger charge is -2.19. The van der Waals surface area contributed by atoms with Crippen LogP contribution in [0.3, 0.4) is 0 Å². The third-order valence-corrected chi connectivity index (χ3v) is 2.42. The van der Waals surface area contributed by atoms with Crippen LogP contribution >= 0.6 is 0 Å².